The molecule has 0 aromatic carbocycles. The fraction of sp³-hybridized carbons (Fsp3) is 0.533. The molecule has 0 aromatic heterocycles. The van der Waals surface area contributed by atoms with Crippen molar-refractivity contribution in [1.29, 1.82) is 0 Å². The molecule has 0 aromatic rings. The van der Waals surface area contributed by atoms with E-state index in [4.69, 9.17) is 0 Å². The maximum Gasteiger partial charge on any atom is 0.0444 e. The van der Waals surface area contributed by atoms with Gasteiger partial charge in [0, 0.05) is 11.4 Å². The fourth-order valence-electron chi connectivity index (χ4n) is 1.47. The second kappa shape index (κ2) is 9.14. The molecule has 0 unspecified atom stereocenters. The van der Waals surface area contributed by atoms with E-state index >= 15 is 0 Å². The lowest BCUT2D eigenvalue weighted by Gasteiger charge is -2.04. The Morgan fingerprint density at radius 3 is 2.25 bits per heavy atom. The van der Waals surface area contributed by atoms with E-state index in [1.165, 1.54) is 11.3 Å². The van der Waals surface area contributed by atoms with Crippen molar-refractivity contribution in [3.05, 3.63) is 35.6 Å². The Bertz CT molecular complexity index is 303. The first-order valence-electron chi connectivity index (χ1n) is 6.23. The van der Waals surface area contributed by atoms with Gasteiger partial charge in [-0.1, -0.05) is 44.6 Å². The lowest BCUT2D eigenvalue weighted by Crippen LogP contribution is -1.96. The summed E-state index contributed by atoms with van der Waals surface area (Å²) in [6.07, 6.45) is 11.8. The summed E-state index contributed by atoms with van der Waals surface area (Å²) in [6, 6.07) is 0. The molecule has 0 atom stereocenters. The Labute approximate surface area is 101 Å². The van der Waals surface area contributed by atoms with Crippen molar-refractivity contribution in [2.24, 2.45) is 4.99 Å². The summed E-state index contributed by atoms with van der Waals surface area (Å²) in [7, 11) is 0. The van der Waals surface area contributed by atoms with E-state index in [0.29, 0.717) is 0 Å². The van der Waals surface area contributed by atoms with E-state index in [9.17, 15) is 0 Å². The molecule has 1 heteroatoms. The van der Waals surface area contributed by atoms with Gasteiger partial charge in [-0.25, -0.2) is 0 Å². The molecule has 0 spiro atoms. The van der Waals surface area contributed by atoms with Gasteiger partial charge >= 0.3 is 0 Å². The van der Waals surface area contributed by atoms with E-state index in [-0.39, 0.29) is 0 Å². The minimum absolute atomic E-state index is 1.06. The summed E-state index contributed by atoms with van der Waals surface area (Å²) < 4.78 is 0. The largest absolute Gasteiger partial charge is 0.258 e. The molecule has 1 nitrogen and oxygen atoms in total. The van der Waals surface area contributed by atoms with Crippen LogP contribution in [0.25, 0.3) is 0 Å². The van der Waals surface area contributed by atoms with E-state index in [1.807, 2.05) is 0 Å². The van der Waals surface area contributed by atoms with Gasteiger partial charge in [-0.05, 0) is 39.2 Å². The van der Waals surface area contributed by atoms with Crippen molar-refractivity contribution < 1.29 is 0 Å². The number of rotatable bonds is 6. The highest BCUT2D eigenvalue weighted by Crippen LogP contribution is 2.10. The SMILES string of the molecule is C\C=C(CCC)/N=C(C)/C(/C=C\CC)=C/C. The Morgan fingerprint density at radius 1 is 1.12 bits per heavy atom. The molecule has 90 valence electrons. The normalized spacial score (nSPS) is 14.9. The van der Waals surface area contributed by atoms with Gasteiger partial charge in [-0.3, -0.25) is 4.99 Å². The third-order valence-electron chi connectivity index (χ3n) is 2.41. The molecule has 0 rings (SSSR count). The third kappa shape index (κ3) is 5.69. The van der Waals surface area contributed by atoms with Gasteiger partial charge < -0.3 is 0 Å². The maximum absolute atomic E-state index is 4.67. The van der Waals surface area contributed by atoms with Gasteiger partial charge in [0.25, 0.3) is 0 Å². The van der Waals surface area contributed by atoms with Crippen LogP contribution in [-0.2, 0) is 0 Å². The molecule has 0 radical (unpaired) electrons. The lowest BCUT2D eigenvalue weighted by molar-refractivity contribution is 0.890. The predicted octanol–water partition coefficient (Wildman–Crippen LogP) is 5.06. The van der Waals surface area contributed by atoms with Gasteiger partial charge in [0.15, 0.2) is 0 Å². The van der Waals surface area contributed by atoms with E-state index < -0.39 is 0 Å². The van der Waals surface area contributed by atoms with Crippen LogP contribution in [0.15, 0.2) is 40.6 Å². The molecule has 0 aliphatic carbocycles. The Balaban J connectivity index is 4.80. The van der Waals surface area contributed by atoms with E-state index in [1.54, 1.807) is 0 Å². The number of nitrogens with zero attached hydrogens (tertiary/aromatic N) is 1. The Kier molecular flexibility index (Phi) is 8.51. The number of hydrogen-bond acceptors (Lipinski definition) is 1. The van der Waals surface area contributed by atoms with Crippen LogP contribution in [0, 0.1) is 0 Å². The third-order valence-corrected chi connectivity index (χ3v) is 2.41. The molecular formula is C15H25N. The van der Waals surface area contributed by atoms with Gasteiger partial charge in [0.1, 0.15) is 0 Å². The first-order valence-corrected chi connectivity index (χ1v) is 6.23. The van der Waals surface area contributed by atoms with Gasteiger partial charge in [-0.15, -0.1) is 0 Å². The molecule has 16 heavy (non-hydrogen) atoms. The van der Waals surface area contributed by atoms with Gasteiger partial charge in [0.05, 0.1) is 0 Å². The van der Waals surface area contributed by atoms with Gasteiger partial charge in [-0.2, -0.15) is 0 Å². The molecule has 0 saturated heterocycles. The maximum atomic E-state index is 4.67. The molecule has 0 amide bonds. The fourth-order valence-corrected chi connectivity index (χ4v) is 1.47. The van der Waals surface area contributed by atoms with E-state index in [0.717, 1.165) is 25.0 Å². The average Bonchev–Trinajstić information content (AvgIpc) is 2.29. The van der Waals surface area contributed by atoms with Crippen LogP contribution in [0.4, 0.5) is 0 Å². The minimum atomic E-state index is 1.06. The zero-order valence-corrected chi connectivity index (χ0v) is 11.4. The summed E-state index contributed by atoms with van der Waals surface area (Å²) in [5.41, 5.74) is 3.51. The van der Waals surface area contributed by atoms with Crippen LogP contribution in [-0.4, -0.2) is 5.71 Å². The highest BCUT2D eigenvalue weighted by Gasteiger charge is 1.98. The van der Waals surface area contributed by atoms with Crippen LogP contribution in [0.5, 0.6) is 0 Å². The number of aliphatic imine (C=N–C) groups is 1. The summed E-state index contributed by atoms with van der Waals surface area (Å²) in [6.45, 7) is 10.5. The van der Waals surface area contributed by atoms with Crippen LogP contribution < -0.4 is 0 Å². The molecular weight excluding hydrogens is 194 g/mol. The quantitative estimate of drug-likeness (QED) is 0.437. The van der Waals surface area contributed by atoms with E-state index in [2.05, 4.69) is 63.9 Å². The van der Waals surface area contributed by atoms with Crippen LogP contribution in [0.1, 0.15) is 53.9 Å². The van der Waals surface area contributed by atoms with Crippen LogP contribution in [0.3, 0.4) is 0 Å². The second-order valence-corrected chi connectivity index (χ2v) is 3.78. The van der Waals surface area contributed by atoms with Gasteiger partial charge in [0.2, 0.25) is 0 Å². The summed E-state index contributed by atoms with van der Waals surface area (Å²) in [5.74, 6) is 0. The highest BCUT2D eigenvalue weighted by molar-refractivity contribution is 6.01. The molecule has 0 aliphatic heterocycles. The lowest BCUT2D eigenvalue weighted by atomic mass is 10.1. The molecule has 0 bridgehead atoms. The smallest absolute Gasteiger partial charge is 0.0444 e. The standard InChI is InChI=1S/C15H25N/c1-6-10-12-14(8-3)13(5)16-15(9-4)11-7-2/h8-10,12H,6-7,11H2,1-5H3/b12-10-,14-8+,15-9-,16-13+. The number of allylic oxidation sites excluding steroid dienone is 6. The summed E-state index contributed by atoms with van der Waals surface area (Å²) >= 11 is 0. The van der Waals surface area contributed by atoms with Crippen LogP contribution >= 0.6 is 0 Å². The highest BCUT2D eigenvalue weighted by atomic mass is 14.8. The van der Waals surface area contributed by atoms with Crippen LogP contribution in [0.2, 0.25) is 0 Å². The zero-order valence-electron chi connectivity index (χ0n) is 11.4. The molecule has 0 fully saturated rings. The summed E-state index contributed by atoms with van der Waals surface area (Å²) in [4.78, 5) is 4.67. The molecule has 0 saturated carbocycles. The molecule has 0 heterocycles. The monoisotopic (exact) mass is 219 g/mol. The zero-order chi connectivity index (χ0) is 12.4. The van der Waals surface area contributed by atoms with Crippen molar-refractivity contribution in [2.45, 2.75) is 53.9 Å². The van der Waals surface area contributed by atoms with Crippen molar-refractivity contribution in [1.82, 2.24) is 0 Å². The first kappa shape index (κ1) is 14.9. The van der Waals surface area contributed by atoms with Crippen molar-refractivity contribution in [3.8, 4) is 0 Å². The topological polar surface area (TPSA) is 12.4 Å². The van der Waals surface area contributed by atoms with Crippen molar-refractivity contribution >= 4 is 5.71 Å². The Hall–Kier alpha value is -1.11. The molecule has 0 N–H and O–H groups in total. The number of hydrogen-bond donors (Lipinski definition) is 0. The average molecular weight is 219 g/mol. The predicted molar refractivity (Wildman–Crippen MR) is 75.0 cm³/mol. The Morgan fingerprint density at radius 2 is 1.81 bits per heavy atom. The molecule has 0 aliphatic rings. The second-order valence-electron chi connectivity index (χ2n) is 3.78. The minimum Gasteiger partial charge on any atom is -0.258 e. The summed E-state index contributed by atoms with van der Waals surface area (Å²) in [5, 5.41) is 0. The first-order chi connectivity index (χ1) is 7.69. The van der Waals surface area contributed by atoms with Crippen molar-refractivity contribution in [2.75, 3.05) is 0 Å². The van der Waals surface area contributed by atoms with Crippen molar-refractivity contribution in [3.63, 3.8) is 0 Å².